The maximum Gasteiger partial charge on any atom is 0.375 e. The Hall–Kier alpha value is -2.35. The number of nitroso groups, excluding NO2 is 1. The standard InChI is InChI=1S/C20H16INO4/c1-20(2)17(13-3-7-14(22-24)8-4-13)18(19(23)26-20)25-15-9-5-12(6-10-15)16-11-21-16/h3-10H,11H2,1-2H3. The van der Waals surface area contributed by atoms with Crippen molar-refractivity contribution in [1.29, 1.82) is 0 Å². The molecular weight excluding hydrogens is 445 g/mol. The van der Waals surface area contributed by atoms with E-state index in [1.165, 1.54) is 9.99 Å². The van der Waals surface area contributed by atoms with E-state index < -0.39 is 11.6 Å². The summed E-state index contributed by atoms with van der Waals surface area (Å²) in [5.41, 5.74) is 2.20. The zero-order valence-corrected chi connectivity index (χ0v) is 16.4. The van der Waals surface area contributed by atoms with Gasteiger partial charge in [-0.3, -0.25) is 0 Å². The van der Waals surface area contributed by atoms with Crippen molar-refractivity contribution in [2.24, 2.45) is 5.18 Å². The Kier molecular flexibility index (Phi) is 4.22. The fourth-order valence-corrected chi connectivity index (χ4v) is 4.41. The van der Waals surface area contributed by atoms with Crippen molar-refractivity contribution in [2.45, 2.75) is 19.4 Å². The number of benzene rings is 2. The van der Waals surface area contributed by atoms with E-state index in [-0.39, 0.29) is 26.5 Å². The predicted molar refractivity (Wildman–Crippen MR) is 109 cm³/mol. The first-order valence-electron chi connectivity index (χ1n) is 8.13. The molecule has 0 atom stereocenters. The molecule has 2 heterocycles. The van der Waals surface area contributed by atoms with E-state index in [0.717, 1.165) is 5.56 Å². The number of hydrogen-bond acceptors (Lipinski definition) is 5. The van der Waals surface area contributed by atoms with Gasteiger partial charge in [0.15, 0.2) is 0 Å². The Morgan fingerprint density at radius 2 is 1.65 bits per heavy atom. The van der Waals surface area contributed by atoms with Crippen molar-refractivity contribution in [2.75, 3.05) is 4.43 Å². The Morgan fingerprint density at radius 1 is 1.04 bits per heavy atom. The van der Waals surface area contributed by atoms with Crippen LogP contribution in [-0.2, 0) is 9.53 Å². The molecule has 0 bridgehead atoms. The second-order valence-corrected chi connectivity index (χ2v) is 9.37. The van der Waals surface area contributed by atoms with Crippen LogP contribution >= 0.6 is 20.7 Å². The number of carbonyl (C=O) groups is 1. The largest absolute Gasteiger partial charge is 0.449 e. The quantitative estimate of drug-likeness (QED) is 0.280. The molecule has 5 nitrogen and oxygen atoms in total. The molecule has 0 aliphatic carbocycles. The molecule has 0 saturated heterocycles. The van der Waals surface area contributed by atoms with E-state index in [4.69, 9.17) is 9.47 Å². The highest BCUT2D eigenvalue weighted by Gasteiger charge is 2.43. The van der Waals surface area contributed by atoms with Crippen LogP contribution in [-0.4, -0.2) is 19.5 Å². The molecule has 0 radical (unpaired) electrons. The van der Waals surface area contributed by atoms with E-state index in [1.54, 1.807) is 27.8 Å². The maximum atomic E-state index is 12.4. The number of carbonyl (C=O) groups excluding carboxylic acids is 1. The zero-order valence-electron chi connectivity index (χ0n) is 14.3. The fourth-order valence-electron chi connectivity index (χ4n) is 2.97. The summed E-state index contributed by atoms with van der Waals surface area (Å²) in [5, 5.41) is 2.91. The van der Waals surface area contributed by atoms with Crippen LogP contribution in [0.4, 0.5) is 5.69 Å². The van der Waals surface area contributed by atoms with Crippen LogP contribution in [0.5, 0.6) is 5.75 Å². The van der Waals surface area contributed by atoms with Crippen molar-refractivity contribution >= 4 is 41.5 Å². The first kappa shape index (κ1) is 17.1. The van der Waals surface area contributed by atoms with E-state index in [2.05, 4.69) is 5.18 Å². The minimum absolute atomic E-state index is 0.182. The summed E-state index contributed by atoms with van der Waals surface area (Å²) >= 11 is 0.271. The van der Waals surface area contributed by atoms with Gasteiger partial charge in [-0.15, -0.1) is 25.6 Å². The number of esters is 1. The Bertz CT molecular complexity index is 956. The lowest BCUT2D eigenvalue weighted by Gasteiger charge is -2.20. The van der Waals surface area contributed by atoms with Gasteiger partial charge in [-0.25, -0.2) is 4.79 Å². The molecule has 4 rings (SSSR count). The summed E-state index contributed by atoms with van der Waals surface area (Å²) in [6.45, 7) is 3.64. The van der Waals surface area contributed by atoms with E-state index in [1.807, 2.05) is 38.1 Å². The highest BCUT2D eigenvalue weighted by molar-refractivity contribution is 14.2. The first-order chi connectivity index (χ1) is 12.5. The van der Waals surface area contributed by atoms with Crippen LogP contribution in [0.15, 0.2) is 59.5 Å². The number of rotatable bonds is 5. The number of ether oxygens (including phenoxy) is 2. The van der Waals surface area contributed by atoms with Crippen LogP contribution in [0.25, 0.3) is 5.57 Å². The molecule has 0 aromatic heterocycles. The molecule has 0 spiro atoms. The third kappa shape index (κ3) is 3.21. The van der Waals surface area contributed by atoms with Crippen molar-refractivity contribution in [3.63, 3.8) is 0 Å². The smallest absolute Gasteiger partial charge is 0.375 e. The molecule has 2 aromatic carbocycles. The van der Waals surface area contributed by atoms with Gasteiger partial charge >= 0.3 is 5.97 Å². The van der Waals surface area contributed by atoms with Crippen LogP contribution in [0, 0.1) is 4.91 Å². The molecule has 0 unspecified atom stereocenters. The third-order valence-corrected chi connectivity index (χ3v) is 6.43. The lowest BCUT2D eigenvalue weighted by molar-refractivity contribution is -0.145. The van der Waals surface area contributed by atoms with Gasteiger partial charge in [0.25, 0.3) is 0 Å². The van der Waals surface area contributed by atoms with Crippen molar-refractivity contribution < 1.29 is 14.3 Å². The second-order valence-electron chi connectivity index (χ2n) is 6.54. The average Bonchev–Trinajstić information content (AvgIpc) is 3.43. The van der Waals surface area contributed by atoms with Gasteiger partial charge in [0.1, 0.15) is 17.0 Å². The highest BCUT2D eigenvalue weighted by Crippen LogP contribution is 2.40. The summed E-state index contributed by atoms with van der Waals surface area (Å²) in [6.07, 6.45) is 0. The maximum absolute atomic E-state index is 12.4. The molecule has 2 aliphatic heterocycles. The molecule has 0 amide bonds. The predicted octanol–water partition coefficient (Wildman–Crippen LogP) is 4.71. The summed E-state index contributed by atoms with van der Waals surface area (Å²) in [7, 11) is 0. The van der Waals surface area contributed by atoms with Crippen LogP contribution in [0.3, 0.4) is 0 Å². The number of halogens is 1. The fraction of sp³-hybridized carbons (Fsp3) is 0.200. The van der Waals surface area contributed by atoms with E-state index >= 15 is 0 Å². The SMILES string of the molecule is CC1(C)OC(=O)C(Oc2ccc(C3=IC3)cc2)=C1c1ccc(N=O)cc1. The first-order valence-corrected chi connectivity index (χ1v) is 10.7. The lowest BCUT2D eigenvalue weighted by Crippen LogP contribution is -2.22. The summed E-state index contributed by atoms with van der Waals surface area (Å²) in [4.78, 5) is 23.1. The Morgan fingerprint density at radius 3 is 2.23 bits per heavy atom. The molecule has 2 aliphatic rings. The zero-order chi connectivity index (χ0) is 18.3. The minimum atomic E-state index is -0.823. The molecule has 2 aromatic rings. The molecular formula is C20H16INO4. The summed E-state index contributed by atoms with van der Waals surface area (Å²) in [5.74, 6) is 0.289. The topological polar surface area (TPSA) is 65.0 Å². The number of cyclic esters (lactones) is 1. The van der Waals surface area contributed by atoms with Gasteiger partial charge in [-0.2, -0.15) is 0 Å². The summed E-state index contributed by atoms with van der Waals surface area (Å²) < 4.78 is 14.2. The molecule has 132 valence electrons. The number of nitrogens with zero attached hydrogens (tertiary/aromatic N) is 1. The molecule has 0 saturated carbocycles. The van der Waals surface area contributed by atoms with Crippen molar-refractivity contribution in [3.8, 4) is 5.75 Å². The van der Waals surface area contributed by atoms with Crippen molar-refractivity contribution in [1.82, 2.24) is 0 Å². The molecule has 6 heteroatoms. The summed E-state index contributed by atoms with van der Waals surface area (Å²) in [6, 6.07) is 14.5. The van der Waals surface area contributed by atoms with Crippen molar-refractivity contribution in [3.05, 3.63) is 70.3 Å². The van der Waals surface area contributed by atoms with Gasteiger partial charge in [0.05, 0.1) is 5.57 Å². The van der Waals surface area contributed by atoms with Crippen LogP contribution < -0.4 is 4.74 Å². The average molecular weight is 461 g/mol. The van der Waals surface area contributed by atoms with E-state index in [0.29, 0.717) is 17.0 Å². The van der Waals surface area contributed by atoms with Crippen LogP contribution in [0.2, 0.25) is 0 Å². The molecule has 0 N–H and O–H groups in total. The monoisotopic (exact) mass is 461 g/mol. The van der Waals surface area contributed by atoms with Gasteiger partial charge in [0.2, 0.25) is 5.76 Å². The second kappa shape index (κ2) is 6.42. The lowest BCUT2D eigenvalue weighted by atomic mass is 9.91. The normalized spacial score (nSPS) is 17.9. The van der Waals surface area contributed by atoms with Gasteiger partial charge in [-0.1, -0.05) is 24.3 Å². The Balaban J connectivity index is 1.71. The number of hydrogen-bond donors (Lipinski definition) is 0. The molecule has 0 fully saturated rings. The van der Waals surface area contributed by atoms with Gasteiger partial charge in [0, 0.05) is 4.43 Å². The third-order valence-electron chi connectivity index (χ3n) is 4.28. The number of alkyl halides is 1. The minimum Gasteiger partial charge on any atom is -0.449 e. The highest BCUT2D eigenvalue weighted by atomic mass is 127. The van der Waals surface area contributed by atoms with Gasteiger partial charge < -0.3 is 9.47 Å². The Labute approximate surface area is 160 Å². The van der Waals surface area contributed by atoms with Crippen LogP contribution in [0.1, 0.15) is 25.0 Å². The molecule has 26 heavy (non-hydrogen) atoms. The van der Waals surface area contributed by atoms with Gasteiger partial charge in [-0.05, 0) is 57.9 Å². The van der Waals surface area contributed by atoms with E-state index in [9.17, 15) is 9.70 Å².